The van der Waals surface area contributed by atoms with Crippen LogP contribution in [0.15, 0.2) is 4.99 Å². The molecule has 1 N–H and O–H groups in total. The van der Waals surface area contributed by atoms with Gasteiger partial charge in [0.2, 0.25) is 0 Å². The second-order valence-corrected chi connectivity index (χ2v) is 6.77. The lowest BCUT2D eigenvalue weighted by atomic mass is 10.0. The van der Waals surface area contributed by atoms with Crippen LogP contribution >= 0.6 is 11.8 Å². The van der Waals surface area contributed by atoms with Crippen LogP contribution < -0.4 is 5.32 Å². The Morgan fingerprint density at radius 2 is 2.06 bits per heavy atom. The third-order valence-corrected chi connectivity index (χ3v) is 5.70. The van der Waals surface area contributed by atoms with Crippen LogP contribution in [-0.2, 0) is 0 Å². The van der Waals surface area contributed by atoms with E-state index in [4.69, 9.17) is 4.99 Å². The van der Waals surface area contributed by atoms with Gasteiger partial charge in [-0.15, -0.1) is 0 Å². The highest BCUT2D eigenvalue weighted by Crippen LogP contribution is 2.38. The Morgan fingerprint density at radius 1 is 1.25 bits per heavy atom. The normalized spacial score (nSPS) is 39.7. The van der Waals surface area contributed by atoms with Crippen molar-refractivity contribution in [2.45, 2.75) is 63.5 Å². The lowest BCUT2D eigenvalue weighted by Gasteiger charge is -2.22. The number of hydrogen-bond acceptors (Lipinski definition) is 2. The first-order valence-electron chi connectivity index (χ1n) is 6.76. The van der Waals surface area contributed by atoms with Gasteiger partial charge in [-0.3, -0.25) is 4.99 Å². The molecule has 1 saturated heterocycles. The van der Waals surface area contributed by atoms with Crippen LogP contribution in [0.1, 0.15) is 51.9 Å². The maximum absolute atomic E-state index is 4.94. The Balaban J connectivity index is 1.66. The third kappa shape index (κ3) is 1.99. The number of nitrogens with zero attached hydrogens (tertiary/aromatic N) is 1. The van der Waals surface area contributed by atoms with Crippen molar-refractivity contribution in [3.63, 3.8) is 0 Å². The molecule has 0 aromatic carbocycles. The van der Waals surface area contributed by atoms with E-state index in [-0.39, 0.29) is 0 Å². The van der Waals surface area contributed by atoms with Gasteiger partial charge in [-0.25, -0.2) is 0 Å². The molecule has 0 radical (unpaired) electrons. The second kappa shape index (κ2) is 4.25. The molecule has 0 aromatic heterocycles. The van der Waals surface area contributed by atoms with E-state index in [9.17, 15) is 0 Å². The van der Waals surface area contributed by atoms with Gasteiger partial charge in [-0.05, 0) is 31.6 Å². The van der Waals surface area contributed by atoms with E-state index in [1.54, 1.807) is 0 Å². The van der Waals surface area contributed by atoms with Crippen molar-refractivity contribution in [2.24, 2.45) is 10.9 Å². The zero-order valence-electron chi connectivity index (χ0n) is 10.2. The Bertz CT molecular complexity index is 294. The minimum Gasteiger partial charge on any atom is -0.359 e. The molecule has 1 heterocycles. The van der Waals surface area contributed by atoms with Gasteiger partial charge in [0.05, 0.1) is 6.04 Å². The number of nitrogens with one attached hydrogen (secondary N) is 1. The molecule has 0 bridgehead atoms. The highest BCUT2D eigenvalue weighted by Gasteiger charge is 2.40. The van der Waals surface area contributed by atoms with Gasteiger partial charge in [0.15, 0.2) is 5.17 Å². The number of thioether (sulfide) groups is 1. The summed E-state index contributed by atoms with van der Waals surface area (Å²) in [6.45, 7) is 2.35. The molecule has 3 fully saturated rings. The summed E-state index contributed by atoms with van der Waals surface area (Å²) in [6.07, 6.45) is 9.58. The zero-order chi connectivity index (χ0) is 11.0. The molecule has 2 atom stereocenters. The van der Waals surface area contributed by atoms with Gasteiger partial charge >= 0.3 is 0 Å². The summed E-state index contributed by atoms with van der Waals surface area (Å²) in [5.74, 6) is 2.06. The monoisotopic (exact) mass is 238 g/mol. The predicted octanol–water partition coefficient (Wildman–Crippen LogP) is 3.18. The van der Waals surface area contributed by atoms with Crippen molar-refractivity contribution >= 4 is 16.9 Å². The van der Waals surface area contributed by atoms with E-state index in [1.165, 1.54) is 55.9 Å². The third-order valence-electron chi connectivity index (χ3n) is 4.52. The van der Waals surface area contributed by atoms with Crippen LogP contribution in [0, 0.1) is 5.92 Å². The van der Waals surface area contributed by atoms with Gasteiger partial charge in [-0.2, -0.15) is 0 Å². The van der Waals surface area contributed by atoms with Crippen LogP contribution in [0.4, 0.5) is 0 Å². The summed E-state index contributed by atoms with van der Waals surface area (Å²) in [5.41, 5.74) is 0.436. The average molecular weight is 238 g/mol. The molecule has 2 saturated carbocycles. The SMILES string of the molecule is CC1CCCC1N=C1NC2(CCCC2)CS1. The first kappa shape index (κ1) is 10.9. The molecule has 2 nitrogen and oxygen atoms in total. The number of rotatable bonds is 1. The molecule has 3 heteroatoms. The molecule has 0 aromatic rings. The highest BCUT2D eigenvalue weighted by atomic mass is 32.2. The lowest BCUT2D eigenvalue weighted by molar-refractivity contribution is 0.449. The summed E-state index contributed by atoms with van der Waals surface area (Å²) < 4.78 is 0. The minimum atomic E-state index is 0.436. The van der Waals surface area contributed by atoms with Crippen molar-refractivity contribution in [3.8, 4) is 0 Å². The van der Waals surface area contributed by atoms with Gasteiger partial charge in [0, 0.05) is 11.3 Å². The van der Waals surface area contributed by atoms with Crippen molar-refractivity contribution in [1.29, 1.82) is 0 Å². The van der Waals surface area contributed by atoms with Crippen LogP contribution in [0.3, 0.4) is 0 Å². The summed E-state index contributed by atoms with van der Waals surface area (Å²) in [5, 5.41) is 4.98. The number of amidine groups is 1. The summed E-state index contributed by atoms with van der Waals surface area (Å²) in [6, 6.07) is 0.603. The maximum Gasteiger partial charge on any atom is 0.157 e. The number of aliphatic imine (C=N–C) groups is 1. The summed E-state index contributed by atoms with van der Waals surface area (Å²) in [7, 11) is 0. The first-order chi connectivity index (χ1) is 7.77. The smallest absolute Gasteiger partial charge is 0.157 e. The van der Waals surface area contributed by atoms with Crippen LogP contribution in [0.25, 0.3) is 0 Å². The van der Waals surface area contributed by atoms with E-state index in [0.717, 1.165) is 5.92 Å². The largest absolute Gasteiger partial charge is 0.359 e. The average Bonchev–Trinajstić information content (AvgIpc) is 2.96. The quantitative estimate of drug-likeness (QED) is 0.759. The van der Waals surface area contributed by atoms with Gasteiger partial charge in [0.25, 0.3) is 0 Å². The molecule has 2 unspecified atom stereocenters. The molecule has 0 amide bonds. The zero-order valence-corrected chi connectivity index (χ0v) is 11.0. The fraction of sp³-hybridized carbons (Fsp3) is 0.923. The molecule has 1 aliphatic heterocycles. The van der Waals surface area contributed by atoms with E-state index < -0.39 is 0 Å². The molecule has 2 aliphatic carbocycles. The van der Waals surface area contributed by atoms with Gasteiger partial charge in [-0.1, -0.05) is 37.9 Å². The van der Waals surface area contributed by atoms with E-state index in [0.29, 0.717) is 11.6 Å². The fourth-order valence-corrected chi connectivity index (χ4v) is 4.64. The van der Waals surface area contributed by atoms with E-state index in [1.807, 2.05) is 11.8 Å². The van der Waals surface area contributed by atoms with E-state index in [2.05, 4.69) is 12.2 Å². The maximum atomic E-state index is 4.94. The Kier molecular flexibility index (Phi) is 2.90. The summed E-state index contributed by atoms with van der Waals surface area (Å²) >= 11 is 1.97. The van der Waals surface area contributed by atoms with Gasteiger partial charge < -0.3 is 5.32 Å². The van der Waals surface area contributed by atoms with Crippen LogP contribution in [-0.4, -0.2) is 22.5 Å². The molecule has 90 valence electrons. The Labute approximate surface area is 103 Å². The van der Waals surface area contributed by atoms with Crippen molar-refractivity contribution in [2.75, 3.05) is 5.75 Å². The highest BCUT2D eigenvalue weighted by molar-refractivity contribution is 8.14. The number of hydrogen-bond donors (Lipinski definition) is 1. The fourth-order valence-electron chi connectivity index (χ4n) is 3.36. The standard InChI is InChI=1S/C13H22N2S/c1-10-5-4-6-11(10)14-12-15-13(9-16-12)7-2-3-8-13/h10-11H,2-9H2,1H3,(H,14,15). The molecular weight excluding hydrogens is 216 g/mol. The first-order valence-corrected chi connectivity index (χ1v) is 7.75. The van der Waals surface area contributed by atoms with Crippen molar-refractivity contribution in [3.05, 3.63) is 0 Å². The van der Waals surface area contributed by atoms with Crippen LogP contribution in [0.5, 0.6) is 0 Å². The Morgan fingerprint density at radius 3 is 2.75 bits per heavy atom. The molecular formula is C13H22N2S. The molecule has 3 rings (SSSR count). The minimum absolute atomic E-state index is 0.436. The summed E-state index contributed by atoms with van der Waals surface area (Å²) in [4.78, 5) is 4.94. The molecule has 3 aliphatic rings. The van der Waals surface area contributed by atoms with Gasteiger partial charge in [0.1, 0.15) is 0 Å². The van der Waals surface area contributed by atoms with E-state index >= 15 is 0 Å². The predicted molar refractivity (Wildman–Crippen MR) is 71.0 cm³/mol. The topological polar surface area (TPSA) is 24.4 Å². The molecule has 16 heavy (non-hydrogen) atoms. The van der Waals surface area contributed by atoms with Crippen molar-refractivity contribution < 1.29 is 0 Å². The van der Waals surface area contributed by atoms with Crippen molar-refractivity contribution in [1.82, 2.24) is 5.32 Å². The second-order valence-electron chi connectivity index (χ2n) is 5.81. The lowest BCUT2D eigenvalue weighted by Crippen LogP contribution is -2.41. The Hall–Kier alpha value is -0.180. The molecule has 1 spiro atoms. The van der Waals surface area contributed by atoms with Crippen LogP contribution in [0.2, 0.25) is 0 Å².